The lowest BCUT2D eigenvalue weighted by molar-refractivity contribution is -0.138. The van der Waals surface area contributed by atoms with E-state index in [2.05, 4.69) is 16.3 Å². The molecule has 0 fully saturated rings. The van der Waals surface area contributed by atoms with Crippen LogP contribution in [0.1, 0.15) is 26.7 Å². The molecule has 0 radical (unpaired) electrons. The van der Waals surface area contributed by atoms with E-state index in [4.69, 9.17) is 0 Å². The minimum Gasteiger partial charge on any atom is -0.340 e. The van der Waals surface area contributed by atoms with Crippen molar-refractivity contribution < 1.29 is 34.8 Å². The molecule has 0 saturated carbocycles. The number of hydrogen-bond donors (Lipinski definition) is 1. The maximum absolute atomic E-state index is 13.8. The number of likely N-dealkylation sites (N-methyl/N-ethyl adjacent to an activating group) is 1. The second-order valence-corrected chi connectivity index (χ2v) is 12.0. The fourth-order valence-electron chi connectivity index (χ4n) is 3.61. The number of nitrogens with one attached hydrogen (secondary N) is 1. The average molecular weight is 568 g/mol. The predicted molar refractivity (Wildman–Crippen MR) is 134 cm³/mol. The van der Waals surface area contributed by atoms with Gasteiger partial charge in [-0.25, -0.2) is 21.6 Å². The van der Waals surface area contributed by atoms with Crippen molar-refractivity contribution >= 4 is 25.8 Å². The van der Waals surface area contributed by atoms with Crippen molar-refractivity contribution in [1.82, 2.24) is 14.6 Å². The molecule has 202 valence electrons. The van der Waals surface area contributed by atoms with Gasteiger partial charge in [0.05, 0.1) is 20.9 Å². The molecule has 0 aliphatic heterocycles. The number of hydrogen-bond acceptors (Lipinski definition) is 6. The predicted octanol–water partition coefficient (Wildman–Crippen LogP) is 3.85. The Morgan fingerprint density at radius 2 is 1.74 bits per heavy atom. The zero-order valence-electron chi connectivity index (χ0n) is 20.1. The van der Waals surface area contributed by atoms with Gasteiger partial charge in [-0.3, -0.25) is 9.78 Å². The van der Waals surface area contributed by atoms with Crippen LogP contribution in [0.2, 0.25) is 0 Å². The first-order valence-corrected chi connectivity index (χ1v) is 14.1. The fraction of sp³-hybridized carbons (Fsp3) is 0.200. The Hall–Kier alpha value is -3.55. The minimum atomic E-state index is -4.97. The summed E-state index contributed by atoms with van der Waals surface area (Å²) in [6, 6.07) is 12.1. The highest BCUT2D eigenvalue weighted by Crippen LogP contribution is 2.39. The maximum Gasteiger partial charge on any atom is 0.416 e. The molecule has 0 aliphatic carbocycles. The smallest absolute Gasteiger partial charge is 0.340 e. The van der Waals surface area contributed by atoms with Crippen LogP contribution in [0.25, 0.3) is 0 Å². The number of amides is 1. The summed E-state index contributed by atoms with van der Waals surface area (Å²) in [6.45, 7) is 2.95. The first kappa shape index (κ1) is 29.0. The van der Waals surface area contributed by atoms with Crippen LogP contribution in [0.3, 0.4) is 0 Å². The van der Waals surface area contributed by atoms with E-state index in [0.717, 1.165) is 12.1 Å². The van der Waals surface area contributed by atoms with E-state index in [1.165, 1.54) is 54.7 Å². The standard InChI is InChI=1S/C25H24F3N3O5S2/c1-3-23(38(35,36)30-14-15-31(2)24(32)18-8-7-13-29-17-18)21-16-20(11-12-22(21)25(26,27)28)37(33,34)19-9-5-4-6-10-19/h3-13,16-17,23,30H,1,14-15H2,2H3. The molecule has 1 N–H and O–H groups in total. The summed E-state index contributed by atoms with van der Waals surface area (Å²) in [5.74, 6) is -0.434. The third-order valence-corrected chi connectivity index (χ3v) is 9.04. The number of benzene rings is 2. The molecule has 2 aromatic carbocycles. The number of alkyl halides is 3. The number of carbonyl (C=O) groups is 1. The van der Waals surface area contributed by atoms with Crippen molar-refractivity contribution in [3.8, 4) is 0 Å². The van der Waals surface area contributed by atoms with Crippen molar-refractivity contribution in [2.24, 2.45) is 0 Å². The molecule has 0 spiro atoms. The van der Waals surface area contributed by atoms with Crippen LogP contribution in [0.4, 0.5) is 13.2 Å². The van der Waals surface area contributed by atoms with E-state index in [1.807, 2.05) is 0 Å². The molecule has 0 aliphatic rings. The van der Waals surface area contributed by atoms with Crippen LogP contribution >= 0.6 is 0 Å². The van der Waals surface area contributed by atoms with Gasteiger partial charge in [-0.05, 0) is 48.0 Å². The second kappa shape index (κ2) is 11.5. The van der Waals surface area contributed by atoms with Crippen LogP contribution in [0.5, 0.6) is 0 Å². The topological polar surface area (TPSA) is 114 Å². The summed E-state index contributed by atoms with van der Waals surface area (Å²) in [7, 11) is -7.35. The van der Waals surface area contributed by atoms with Crippen LogP contribution in [0, 0.1) is 0 Å². The zero-order valence-corrected chi connectivity index (χ0v) is 21.7. The number of nitrogens with zero attached hydrogens (tertiary/aromatic N) is 2. The van der Waals surface area contributed by atoms with Crippen LogP contribution < -0.4 is 4.72 Å². The monoisotopic (exact) mass is 567 g/mol. The summed E-state index contributed by atoms with van der Waals surface area (Å²) in [5.41, 5.74) is -1.84. The number of halogens is 3. The van der Waals surface area contributed by atoms with Crippen molar-refractivity contribution in [3.05, 3.63) is 102 Å². The molecule has 3 aromatic rings. The Bertz CT molecular complexity index is 1510. The Morgan fingerprint density at radius 1 is 1.05 bits per heavy atom. The van der Waals surface area contributed by atoms with E-state index >= 15 is 0 Å². The van der Waals surface area contributed by atoms with Gasteiger partial charge in [0.2, 0.25) is 19.9 Å². The largest absolute Gasteiger partial charge is 0.416 e. The number of pyridine rings is 1. The number of carbonyl (C=O) groups excluding carboxylic acids is 1. The Kier molecular flexibility index (Phi) is 8.75. The quantitative estimate of drug-likeness (QED) is 0.373. The van der Waals surface area contributed by atoms with Gasteiger partial charge >= 0.3 is 6.18 Å². The molecule has 1 amide bonds. The highest BCUT2D eigenvalue weighted by molar-refractivity contribution is 7.91. The van der Waals surface area contributed by atoms with Gasteiger partial charge in [-0.2, -0.15) is 13.2 Å². The average Bonchev–Trinajstić information content (AvgIpc) is 2.88. The first-order valence-electron chi connectivity index (χ1n) is 11.1. The Morgan fingerprint density at radius 3 is 2.32 bits per heavy atom. The summed E-state index contributed by atoms with van der Waals surface area (Å²) >= 11 is 0. The maximum atomic E-state index is 13.8. The van der Waals surface area contributed by atoms with Gasteiger partial charge < -0.3 is 4.90 Å². The molecule has 1 unspecified atom stereocenters. The number of aromatic nitrogens is 1. The van der Waals surface area contributed by atoms with Crippen molar-refractivity contribution in [1.29, 1.82) is 0 Å². The number of sulfonamides is 1. The highest BCUT2D eigenvalue weighted by Gasteiger charge is 2.39. The van der Waals surface area contributed by atoms with Gasteiger partial charge in [-0.1, -0.05) is 24.3 Å². The van der Waals surface area contributed by atoms with E-state index in [-0.39, 0.29) is 23.5 Å². The Balaban J connectivity index is 1.91. The SMILES string of the molecule is C=CC(c1cc(S(=O)(=O)c2ccccc2)ccc1C(F)(F)F)S(=O)(=O)NCCN(C)C(=O)c1cccnc1. The van der Waals surface area contributed by atoms with Crippen molar-refractivity contribution in [3.63, 3.8) is 0 Å². The lowest BCUT2D eigenvalue weighted by Crippen LogP contribution is -2.38. The molecule has 3 rings (SSSR count). The summed E-state index contributed by atoms with van der Waals surface area (Å²) < 4.78 is 95.9. The van der Waals surface area contributed by atoms with E-state index < -0.39 is 53.2 Å². The molecule has 8 nitrogen and oxygen atoms in total. The van der Waals surface area contributed by atoms with Crippen molar-refractivity contribution in [2.75, 3.05) is 20.1 Å². The first-order chi connectivity index (χ1) is 17.8. The summed E-state index contributed by atoms with van der Waals surface area (Å²) in [4.78, 5) is 16.8. The molecule has 1 atom stereocenters. The van der Waals surface area contributed by atoms with E-state index in [9.17, 15) is 34.8 Å². The van der Waals surface area contributed by atoms with Gasteiger partial charge in [0.15, 0.2) is 0 Å². The van der Waals surface area contributed by atoms with Crippen molar-refractivity contribution in [2.45, 2.75) is 21.2 Å². The van der Waals surface area contributed by atoms with Gasteiger partial charge in [0.1, 0.15) is 5.25 Å². The van der Waals surface area contributed by atoms with Crippen LogP contribution in [-0.4, -0.2) is 52.8 Å². The molecule has 0 bridgehead atoms. The molecular weight excluding hydrogens is 543 g/mol. The molecule has 13 heteroatoms. The third kappa shape index (κ3) is 6.47. The lowest BCUT2D eigenvalue weighted by Gasteiger charge is -2.22. The summed E-state index contributed by atoms with van der Waals surface area (Å²) in [6.07, 6.45) is -1.37. The third-order valence-electron chi connectivity index (χ3n) is 5.55. The highest BCUT2D eigenvalue weighted by atomic mass is 32.2. The normalized spacial score (nSPS) is 13.1. The van der Waals surface area contributed by atoms with Crippen LogP contribution in [0.15, 0.2) is 95.5 Å². The van der Waals surface area contributed by atoms with E-state index in [1.54, 1.807) is 12.1 Å². The zero-order chi connectivity index (χ0) is 28.1. The van der Waals surface area contributed by atoms with Gasteiger partial charge in [-0.15, -0.1) is 6.58 Å². The molecular formula is C25H24F3N3O5S2. The molecule has 1 aromatic heterocycles. The fourth-order valence-corrected chi connectivity index (χ4v) is 6.27. The number of sulfone groups is 1. The molecule has 0 saturated heterocycles. The molecule has 38 heavy (non-hydrogen) atoms. The summed E-state index contributed by atoms with van der Waals surface area (Å²) in [5, 5.41) is -1.94. The Labute approximate surface area is 218 Å². The van der Waals surface area contributed by atoms with Gasteiger partial charge in [0, 0.05) is 32.5 Å². The second-order valence-electron chi connectivity index (χ2n) is 8.13. The van der Waals surface area contributed by atoms with Crippen LogP contribution in [-0.2, 0) is 26.0 Å². The van der Waals surface area contributed by atoms with Gasteiger partial charge in [0.25, 0.3) is 5.91 Å². The lowest BCUT2D eigenvalue weighted by atomic mass is 10.0. The van der Waals surface area contributed by atoms with E-state index in [0.29, 0.717) is 12.1 Å². The number of rotatable bonds is 10. The molecule has 1 heterocycles. The minimum absolute atomic E-state index is 0.106.